The summed E-state index contributed by atoms with van der Waals surface area (Å²) < 4.78 is 68.1. The minimum Gasteiger partial charge on any atom is -0.744 e. The second-order valence-electron chi connectivity index (χ2n) is 9.42. The number of rotatable bonds is 7. The lowest BCUT2D eigenvalue weighted by molar-refractivity contribution is -0.603. The molecule has 0 aliphatic rings. The molecule has 0 bridgehead atoms. The number of hydrogen-bond donors (Lipinski definition) is 0. The largest absolute Gasteiger partial charge is 0.744 e. The maximum absolute atomic E-state index is 10.4. The highest BCUT2D eigenvalue weighted by molar-refractivity contribution is 7.86. The molecule has 0 radical (unpaired) electrons. The average Bonchev–Trinajstić information content (AvgIpc) is 3.00. The van der Waals surface area contributed by atoms with E-state index < -0.39 is 20.2 Å². The highest BCUT2D eigenvalue weighted by Gasteiger charge is 2.19. The van der Waals surface area contributed by atoms with Crippen molar-refractivity contribution in [1.82, 2.24) is 0 Å². The van der Waals surface area contributed by atoms with Crippen LogP contribution in [0.15, 0.2) is 137 Å². The zero-order valence-electron chi connectivity index (χ0n) is 24.3. The molecular weight excluding hydrogens is 836 g/mol. The van der Waals surface area contributed by atoms with Gasteiger partial charge in [-0.15, -0.1) is 0 Å². The first-order chi connectivity index (χ1) is 21.3. The fourth-order valence-corrected chi connectivity index (χ4v) is 8.76. The molecule has 5 aromatic rings. The van der Waals surface area contributed by atoms with Crippen LogP contribution >= 0.6 is 0 Å². The highest BCUT2D eigenvalue weighted by Crippen LogP contribution is 2.09. The Morgan fingerprint density at radius 2 is 0.867 bits per heavy atom. The normalized spacial score (nSPS) is 10.8. The summed E-state index contributed by atoms with van der Waals surface area (Å²) in [5.74, 6) is 0. The van der Waals surface area contributed by atoms with E-state index in [0.29, 0.717) is 6.42 Å². The molecule has 5 rings (SSSR count). The lowest BCUT2D eigenvalue weighted by Gasteiger charge is -2.05. The lowest BCUT2D eigenvalue weighted by atomic mass is 10.2. The minimum atomic E-state index is -4.27. The van der Waals surface area contributed by atoms with Gasteiger partial charge in [-0.1, -0.05) is 65.7 Å². The van der Waals surface area contributed by atoms with E-state index in [-0.39, 0.29) is 52.2 Å². The number of benzene rings is 5. The van der Waals surface area contributed by atoms with Gasteiger partial charge in [0, 0.05) is 0 Å². The molecule has 0 aliphatic carbocycles. The smallest absolute Gasteiger partial charge is 0.357 e. The fourth-order valence-electron chi connectivity index (χ4n) is 3.45. The molecule has 0 N–H and O–H groups in total. The topological polar surface area (TPSA) is 138 Å². The first-order valence-corrected chi connectivity index (χ1v) is 20.4. The summed E-state index contributed by atoms with van der Waals surface area (Å²) >= 11 is -0.210. The van der Waals surface area contributed by atoms with Crippen molar-refractivity contribution in [2.45, 2.75) is 30.1 Å². The Morgan fingerprint density at radius 1 is 0.533 bits per heavy atom. The first kappa shape index (κ1) is 36.3. The molecule has 45 heavy (non-hydrogen) atoms. The third-order valence-corrected chi connectivity index (χ3v) is 12.9. The molecule has 0 heterocycles. The molecule has 7 nitrogen and oxygen atoms in total. The van der Waals surface area contributed by atoms with Gasteiger partial charge in [0.05, 0.1) is 22.3 Å². The van der Waals surface area contributed by atoms with Crippen molar-refractivity contribution >= 4 is 20.2 Å². The SMILES string of the molecule is Cc1ccc(S(=O)(=O)[O-])cc1.Cc1ccc(S(=O)(=O)[O-])cc1.N#CCc1ccc([I+]c2ccc([I+]c3ccccc3)cc2)cc1. The van der Waals surface area contributed by atoms with Crippen LogP contribution in [-0.2, 0) is 26.7 Å². The Labute approximate surface area is 286 Å². The van der Waals surface area contributed by atoms with Gasteiger partial charge >= 0.3 is 42.4 Å². The second-order valence-corrected chi connectivity index (χ2v) is 18.2. The monoisotopic (exact) mass is 865 g/mol. The molecule has 232 valence electrons. The number of halogens is 2. The van der Waals surface area contributed by atoms with E-state index in [2.05, 4.69) is 84.9 Å². The van der Waals surface area contributed by atoms with Crippen LogP contribution in [0.2, 0.25) is 0 Å². The summed E-state index contributed by atoms with van der Waals surface area (Å²) in [5.41, 5.74) is 2.96. The zero-order chi connectivity index (χ0) is 32.9. The molecular formula is C34H29I2NO6S2. The van der Waals surface area contributed by atoms with Crippen LogP contribution in [0.4, 0.5) is 0 Å². The van der Waals surface area contributed by atoms with Gasteiger partial charge in [0.15, 0.2) is 14.3 Å². The van der Waals surface area contributed by atoms with Gasteiger partial charge in [-0.2, -0.15) is 5.26 Å². The van der Waals surface area contributed by atoms with Crippen LogP contribution in [0.3, 0.4) is 0 Å². The van der Waals surface area contributed by atoms with Gasteiger partial charge in [-0.05, 0) is 92.2 Å². The summed E-state index contributed by atoms with van der Waals surface area (Å²) in [5, 5.41) is 8.72. The number of aryl methyl sites for hydroxylation is 2. The van der Waals surface area contributed by atoms with Crippen molar-refractivity contribution in [3.8, 4) is 6.07 Å². The highest BCUT2D eigenvalue weighted by atomic mass is 127. The Kier molecular flexibility index (Phi) is 14.2. The lowest BCUT2D eigenvalue weighted by Crippen LogP contribution is -3.62. The number of hydrogen-bond acceptors (Lipinski definition) is 7. The van der Waals surface area contributed by atoms with Crippen molar-refractivity contribution in [2.24, 2.45) is 0 Å². The van der Waals surface area contributed by atoms with E-state index >= 15 is 0 Å². The predicted molar refractivity (Wildman–Crippen MR) is 162 cm³/mol. The number of nitrogens with zero attached hydrogens (tertiary/aromatic N) is 1. The summed E-state index contributed by atoms with van der Waals surface area (Å²) in [6, 6.07) is 42.1. The maximum Gasteiger partial charge on any atom is 0.357 e. The molecule has 0 unspecified atom stereocenters. The van der Waals surface area contributed by atoms with Crippen molar-refractivity contribution in [3.05, 3.63) is 158 Å². The molecule has 0 aromatic heterocycles. The first-order valence-electron chi connectivity index (χ1n) is 13.3. The third kappa shape index (κ3) is 13.4. The molecule has 5 aromatic carbocycles. The predicted octanol–water partition coefficient (Wildman–Crippen LogP) is -0.192. The van der Waals surface area contributed by atoms with Gasteiger partial charge in [-0.25, -0.2) is 16.8 Å². The standard InChI is InChI=1S/C20H15I2N.2C7H8O3S/c23-15-14-16-6-8-18(9-7-16)22-20-12-10-19(11-13-20)21-17-4-2-1-3-5-17;2*1-6-2-4-7(5-3-6)11(8,9)10/h1-13H,14H2;2*2-5H,1H3,(H,8,9,10)/q+2;;/p-2. The van der Waals surface area contributed by atoms with E-state index in [1.165, 1.54) is 38.5 Å². The third-order valence-electron chi connectivity index (χ3n) is 5.79. The van der Waals surface area contributed by atoms with Crippen molar-refractivity contribution < 1.29 is 68.4 Å². The Balaban J connectivity index is 0.000000210. The molecule has 0 amide bonds. The van der Waals surface area contributed by atoms with Crippen molar-refractivity contribution in [2.75, 3.05) is 0 Å². The molecule has 0 atom stereocenters. The van der Waals surface area contributed by atoms with Gasteiger partial charge in [0.1, 0.15) is 20.2 Å². The van der Waals surface area contributed by atoms with Crippen LogP contribution in [0.5, 0.6) is 0 Å². The van der Waals surface area contributed by atoms with E-state index in [9.17, 15) is 25.9 Å². The van der Waals surface area contributed by atoms with E-state index in [1.54, 1.807) is 24.3 Å². The van der Waals surface area contributed by atoms with Crippen LogP contribution in [0, 0.1) is 39.5 Å². The molecule has 0 saturated heterocycles. The summed E-state index contributed by atoms with van der Waals surface area (Å²) in [6.07, 6.45) is 0.496. The molecule has 0 aliphatic heterocycles. The van der Waals surface area contributed by atoms with E-state index in [1.807, 2.05) is 13.8 Å². The Hall–Kier alpha value is -3.13. The Bertz CT molecular complexity index is 1840. The van der Waals surface area contributed by atoms with Gasteiger partial charge in [-0.3, -0.25) is 0 Å². The summed E-state index contributed by atoms with van der Waals surface area (Å²) in [4.78, 5) is -0.355. The zero-order valence-corrected chi connectivity index (χ0v) is 30.2. The van der Waals surface area contributed by atoms with E-state index in [4.69, 9.17) is 5.26 Å². The summed E-state index contributed by atoms with van der Waals surface area (Å²) in [7, 11) is -8.54. The maximum atomic E-state index is 10.4. The van der Waals surface area contributed by atoms with Gasteiger partial charge < -0.3 is 9.11 Å². The van der Waals surface area contributed by atoms with Crippen LogP contribution in [0.1, 0.15) is 16.7 Å². The van der Waals surface area contributed by atoms with Crippen molar-refractivity contribution in [1.29, 1.82) is 5.26 Å². The molecule has 11 heteroatoms. The van der Waals surface area contributed by atoms with Gasteiger partial charge in [0.25, 0.3) is 0 Å². The Morgan fingerprint density at radius 3 is 1.20 bits per heavy atom. The second kappa shape index (κ2) is 17.5. The molecule has 0 saturated carbocycles. The van der Waals surface area contributed by atoms with Crippen LogP contribution < -0.4 is 42.4 Å². The summed E-state index contributed by atoms with van der Waals surface area (Å²) in [6.45, 7) is 3.64. The quantitative estimate of drug-likeness (QED) is 0.164. The number of nitriles is 1. The van der Waals surface area contributed by atoms with E-state index in [0.717, 1.165) is 16.7 Å². The van der Waals surface area contributed by atoms with Crippen LogP contribution in [-0.4, -0.2) is 25.9 Å². The minimum absolute atomic E-state index is 0.0719. The fraction of sp³-hybridized carbons (Fsp3) is 0.0882. The van der Waals surface area contributed by atoms with Gasteiger partial charge in [0.2, 0.25) is 0 Å². The van der Waals surface area contributed by atoms with Crippen molar-refractivity contribution in [3.63, 3.8) is 0 Å². The molecule has 0 spiro atoms. The molecule has 0 fully saturated rings. The van der Waals surface area contributed by atoms with Crippen LogP contribution in [0.25, 0.3) is 0 Å². The average molecular weight is 866 g/mol.